The largest absolute Gasteiger partial charge is 0.418 e. The second-order valence-electron chi connectivity index (χ2n) is 6.23. The molecule has 1 saturated heterocycles. The quantitative estimate of drug-likeness (QED) is 0.528. The lowest BCUT2D eigenvalue weighted by molar-refractivity contribution is -0.383. The summed E-state index contributed by atoms with van der Waals surface area (Å²) in [7, 11) is 0. The zero-order valence-electron chi connectivity index (χ0n) is 15.3. The lowest BCUT2D eigenvalue weighted by atomic mass is 10.1. The molecular formula is C17H19F3N6O3. The van der Waals surface area contributed by atoms with Crippen LogP contribution in [-0.2, 0) is 10.9 Å². The average molecular weight is 412 g/mol. The van der Waals surface area contributed by atoms with Crippen LogP contribution in [0.3, 0.4) is 0 Å². The van der Waals surface area contributed by atoms with E-state index in [1.54, 1.807) is 0 Å². The number of benzene rings is 1. The third-order valence-electron chi connectivity index (χ3n) is 4.31. The molecule has 0 bridgehead atoms. The second kappa shape index (κ2) is 9.01. The zero-order chi connectivity index (χ0) is 20.9. The molecule has 0 aliphatic carbocycles. The van der Waals surface area contributed by atoms with Crippen molar-refractivity contribution in [2.24, 2.45) is 0 Å². The molecule has 1 aliphatic heterocycles. The number of alkyl halides is 3. The summed E-state index contributed by atoms with van der Waals surface area (Å²) < 4.78 is 44.9. The molecule has 9 nitrogen and oxygen atoms in total. The van der Waals surface area contributed by atoms with Crippen LogP contribution in [0, 0.1) is 10.1 Å². The van der Waals surface area contributed by atoms with Crippen LogP contribution in [0.15, 0.2) is 30.6 Å². The number of anilines is 3. The normalized spacial score (nSPS) is 15.1. The van der Waals surface area contributed by atoms with Crippen molar-refractivity contribution in [2.75, 3.05) is 50.0 Å². The highest BCUT2D eigenvalue weighted by atomic mass is 19.4. The van der Waals surface area contributed by atoms with Crippen LogP contribution in [0.25, 0.3) is 0 Å². The van der Waals surface area contributed by atoms with Gasteiger partial charge in [-0.15, -0.1) is 0 Å². The topological polar surface area (TPSA) is 105 Å². The van der Waals surface area contributed by atoms with Gasteiger partial charge in [0.05, 0.1) is 29.4 Å². The number of halogens is 3. The molecule has 1 aromatic heterocycles. The monoisotopic (exact) mass is 412 g/mol. The first-order valence-electron chi connectivity index (χ1n) is 8.83. The first-order chi connectivity index (χ1) is 13.9. The van der Waals surface area contributed by atoms with Crippen LogP contribution in [0.5, 0.6) is 0 Å². The van der Waals surface area contributed by atoms with Gasteiger partial charge in [0.2, 0.25) is 11.6 Å². The Hall–Kier alpha value is -2.99. The first-order valence-corrected chi connectivity index (χ1v) is 8.83. The molecule has 12 heteroatoms. The lowest BCUT2D eigenvalue weighted by Gasteiger charge is -2.26. The standard InChI is InChI=1S/C17H19F3N6O3/c18-17(19,20)12-3-1-2-4-13(12)24-16-14(26(27)28)15(22-11-23-16)21-5-6-25-7-9-29-10-8-25/h1-4,11H,5-10H2,(H2,21,22,23,24). The van der Waals surface area contributed by atoms with Gasteiger partial charge in [-0.3, -0.25) is 15.0 Å². The fourth-order valence-corrected chi connectivity index (χ4v) is 2.90. The van der Waals surface area contributed by atoms with Crippen LogP contribution in [0.2, 0.25) is 0 Å². The number of morpholine rings is 1. The molecule has 2 heterocycles. The Labute approximate surface area is 164 Å². The molecule has 0 atom stereocenters. The zero-order valence-corrected chi connectivity index (χ0v) is 15.3. The van der Waals surface area contributed by atoms with E-state index >= 15 is 0 Å². The van der Waals surface area contributed by atoms with E-state index < -0.39 is 22.4 Å². The van der Waals surface area contributed by atoms with Gasteiger partial charge in [0.15, 0.2) is 0 Å². The highest BCUT2D eigenvalue weighted by Gasteiger charge is 2.34. The van der Waals surface area contributed by atoms with Crippen LogP contribution in [-0.4, -0.2) is 59.2 Å². The maximum Gasteiger partial charge on any atom is 0.418 e. The van der Waals surface area contributed by atoms with Gasteiger partial charge in [-0.2, -0.15) is 13.2 Å². The number of rotatable bonds is 7. The van der Waals surface area contributed by atoms with E-state index in [1.807, 2.05) is 0 Å². The number of nitrogens with zero attached hydrogens (tertiary/aromatic N) is 4. The molecule has 0 unspecified atom stereocenters. The molecule has 1 fully saturated rings. The number of ether oxygens (including phenoxy) is 1. The van der Waals surface area contributed by atoms with E-state index in [4.69, 9.17) is 4.74 Å². The van der Waals surface area contributed by atoms with E-state index in [0.717, 1.165) is 25.5 Å². The molecule has 0 amide bonds. The fraction of sp³-hybridized carbons (Fsp3) is 0.412. The molecule has 1 aromatic carbocycles. The van der Waals surface area contributed by atoms with Crippen molar-refractivity contribution in [3.05, 3.63) is 46.3 Å². The van der Waals surface area contributed by atoms with Crippen LogP contribution in [0.1, 0.15) is 5.56 Å². The smallest absolute Gasteiger partial charge is 0.379 e. The van der Waals surface area contributed by atoms with Crippen LogP contribution in [0.4, 0.5) is 36.2 Å². The molecule has 0 saturated carbocycles. The van der Waals surface area contributed by atoms with E-state index in [2.05, 4.69) is 25.5 Å². The third-order valence-corrected chi connectivity index (χ3v) is 4.31. The number of hydrogen-bond acceptors (Lipinski definition) is 8. The molecule has 156 valence electrons. The summed E-state index contributed by atoms with van der Waals surface area (Å²) >= 11 is 0. The van der Waals surface area contributed by atoms with Gasteiger partial charge >= 0.3 is 11.9 Å². The number of para-hydroxylation sites is 1. The number of nitrogens with one attached hydrogen (secondary N) is 2. The van der Waals surface area contributed by atoms with Crippen molar-refractivity contribution in [1.82, 2.24) is 14.9 Å². The van der Waals surface area contributed by atoms with Crippen molar-refractivity contribution in [3.63, 3.8) is 0 Å². The predicted octanol–water partition coefficient (Wildman–Crippen LogP) is 2.89. The Morgan fingerprint density at radius 1 is 1.17 bits per heavy atom. The minimum Gasteiger partial charge on any atom is -0.379 e. The molecule has 0 spiro atoms. The first kappa shape index (κ1) is 20.7. The summed E-state index contributed by atoms with van der Waals surface area (Å²) in [6.45, 7) is 3.75. The van der Waals surface area contributed by atoms with Gasteiger partial charge in [-0.05, 0) is 12.1 Å². The Morgan fingerprint density at radius 2 is 1.86 bits per heavy atom. The Morgan fingerprint density at radius 3 is 2.55 bits per heavy atom. The van der Waals surface area contributed by atoms with Gasteiger partial charge in [-0.25, -0.2) is 9.97 Å². The highest BCUT2D eigenvalue weighted by molar-refractivity contribution is 5.75. The molecular weight excluding hydrogens is 393 g/mol. The number of aromatic nitrogens is 2. The summed E-state index contributed by atoms with van der Waals surface area (Å²) in [4.78, 5) is 20.6. The van der Waals surface area contributed by atoms with E-state index in [-0.39, 0.29) is 17.3 Å². The summed E-state index contributed by atoms with van der Waals surface area (Å²) in [5, 5.41) is 16.9. The van der Waals surface area contributed by atoms with Gasteiger partial charge in [-0.1, -0.05) is 12.1 Å². The minimum atomic E-state index is -4.62. The van der Waals surface area contributed by atoms with Gasteiger partial charge in [0.25, 0.3) is 0 Å². The van der Waals surface area contributed by atoms with Crippen molar-refractivity contribution in [1.29, 1.82) is 0 Å². The minimum absolute atomic E-state index is 0.0646. The molecule has 1 aliphatic rings. The number of hydrogen-bond donors (Lipinski definition) is 2. The molecule has 3 rings (SSSR count). The Balaban J connectivity index is 1.79. The summed E-state index contributed by atoms with van der Waals surface area (Å²) in [5.41, 5.74) is -1.80. The number of nitro groups is 1. The summed E-state index contributed by atoms with van der Waals surface area (Å²) in [6.07, 6.45) is -3.56. The molecule has 0 radical (unpaired) electrons. The SMILES string of the molecule is O=[N+]([O-])c1c(NCCN2CCOCC2)ncnc1Nc1ccccc1C(F)(F)F. The fourth-order valence-electron chi connectivity index (χ4n) is 2.90. The van der Waals surface area contributed by atoms with Crippen molar-refractivity contribution in [3.8, 4) is 0 Å². The molecule has 2 aromatic rings. The maximum absolute atomic E-state index is 13.2. The Kier molecular flexibility index (Phi) is 6.44. The second-order valence-corrected chi connectivity index (χ2v) is 6.23. The third kappa shape index (κ3) is 5.29. The van der Waals surface area contributed by atoms with Gasteiger partial charge in [0, 0.05) is 26.2 Å². The van der Waals surface area contributed by atoms with Crippen LogP contribution < -0.4 is 10.6 Å². The molecule has 29 heavy (non-hydrogen) atoms. The predicted molar refractivity (Wildman–Crippen MR) is 99.2 cm³/mol. The average Bonchev–Trinajstić information content (AvgIpc) is 2.68. The van der Waals surface area contributed by atoms with Gasteiger partial charge < -0.3 is 15.4 Å². The lowest BCUT2D eigenvalue weighted by Crippen LogP contribution is -2.39. The van der Waals surface area contributed by atoms with E-state index in [1.165, 1.54) is 18.2 Å². The van der Waals surface area contributed by atoms with Crippen molar-refractivity contribution >= 4 is 23.0 Å². The Bertz CT molecular complexity index is 859. The van der Waals surface area contributed by atoms with Crippen LogP contribution >= 0.6 is 0 Å². The van der Waals surface area contributed by atoms with Gasteiger partial charge in [0.1, 0.15) is 6.33 Å². The van der Waals surface area contributed by atoms with Crippen molar-refractivity contribution in [2.45, 2.75) is 6.18 Å². The van der Waals surface area contributed by atoms with E-state index in [0.29, 0.717) is 26.3 Å². The summed E-state index contributed by atoms with van der Waals surface area (Å²) in [6, 6.07) is 4.70. The highest BCUT2D eigenvalue weighted by Crippen LogP contribution is 2.38. The molecule has 2 N–H and O–H groups in total. The maximum atomic E-state index is 13.2. The van der Waals surface area contributed by atoms with E-state index in [9.17, 15) is 23.3 Å². The van der Waals surface area contributed by atoms with Crippen molar-refractivity contribution < 1.29 is 22.8 Å². The summed E-state index contributed by atoms with van der Waals surface area (Å²) in [5.74, 6) is -0.388.